The molecule has 8 heteroatoms. The number of thiocarbonyl (C=S) groups is 1. The minimum absolute atomic E-state index is 0.0510. The SMILES string of the molecule is CCn1cc(/C=C2\C(=O)NC(=S)N(c3ccc(C(=O)O)cc3)C2=O)c2ccccc21. The Bertz CT molecular complexity index is 1240. The normalized spacial score (nSPS) is 15.7. The van der Waals surface area contributed by atoms with Gasteiger partial charge in [-0.25, -0.2) is 4.79 Å². The van der Waals surface area contributed by atoms with Crippen molar-refractivity contribution in [1.29, 1.82) is 0 Å². The van der Waals surface area contributed by atoms with Crippen molar-refractivity contribution in [1.82, 2.24) is 9.88 Å². The molecule has 2 aromatic carbocycles. The molecule has 1 fully saturated rings. The van der Waals surface area contributed by atoms with Gasteiger partial charge in [-0.15, -0.1) is 0 Å². The van der Waals surface area contributed by atoms with Crippen LogP contribution in [-0.4, -0.2) is 32.6 Å². The van der Waals surface area contributed by atoms with Gasteiger partial charge in [0.1, 0.15) is 5.57 Å². The molecule has 1 aromatic heterocycles. The van der Waals surface area contributed by atoms with Crippen LogP contribution >= 0.6 is 12.2 Å². The smallest absolute Gasteiger partial charge is 0.335 e. The molecule has 1 aliphatic rings. The molecular formula is C22H17N3O4S. The van der Waals surface area contributed by atoms with Gasteiger partial charge in [-0.2, -0.15) is 0 Å². The van der Waals surface area contributed by atoms with Crippen LogP contribution in [0.5, 0.6) is 0 Å². The molecule has 3 aromatic rings. The van der Waals surface area contributed by atoms with Gasteiger partial charge in [-0.3, -0.25) is 19.8 Å². The van der Waals surface area contributed by atoms with Crippen molar-refractivity contribution in [2.45, 2.75) is 13.5 Å². The number of benzene rings is 2. The number of fused-ring (bicyclic) bond motifs is 1. The van der Waals surface area contributed by atoms with E-state index in [4.69, 9.17) is 17.3 Å². The van der Waals surface area contributed by atoms with Crippen molar-refractivity contribution in [3.05, 3.63) is 71.4 Å². The molecule has 0 saturated carbocycles. The van der Waals surface area contributed by atoms with Crippen molar-refractivity contribution >= 4 is 57.8 Å². The predicted octanol–water partition coefficient (Wildman–Crippen LogP) is 3.19. The number of aromatic carboxylic acids is 1. The van der Waals surface area contributed by atoms with Crippen molar-refractivity contribution in [2.24, 2.45) is 0 Å². The number of aromatic nitrogens is 1. The average Bonchev–Trinajstić information content (AvgIpc) is 3.09. The van der Waals surface area contributed by atoms with E-state index in [2.05, 4.69) is 5.32 Å². The second-order valence-corrected chi connectivity index (χ2v) is 7.08. The molecule has 150 valence electrons. The van der Waals surface area contributed by atoms with Gasteiger partial charge in [0, 0.05) is 29.2 Å². The Morgan fingerprint density at radius 1 is 1.13 bits per heavy atom. The van der Waals surface area contributed by atoms with Gasteiger partial charge in [-0.05, 0) is 55.5 Å². The molecule has 7 nitrogen and oxygen atoms in total. The number of amides is 2. The van der Waals surface area contributed by atoms with E-state index in [1.54, 1.807) is 6.08 Å². The molecule has 0 aliphatic carbocycles. The summed E-state index contributed by atoms with van der Waals surface area (Å²) >= 11 is 5.19. The Kier molecular flexibility index (Phi) is 4.93. The third kappa shape index (κ3) is 3.27. The summed E-state index contributed by atoms with van der Waals surface area (Å²) in [7, 11) is 0. The Morgan fingerprint density at radius 2 is 1.83 bits per heavy atom. The van der Waals surface area contributed by atoms with E-state index in [-0.39, 0.29) is 16.2 Å². The fourth-order valence-corrected chi connectivity index (χ4v) is 3.73. The van der Waals surface area contributed by atoms with Gasteiger partial charge < -0.3 is 9.67 Å². The quantitative estimate of drug-likeness (QED) is 0.385. The maximum Gasteiger partial charge on any atom is 0.335 e. The third-order valence-corrected chi connectivity index (χ3v) is 5.22. The summed E-state index contributed by atoms with van der Waals surface area (Å²) < 4.78 is 2.04. The summed E-state index contributed by atoms with van der Waals surface area (Å²) in [6.45, 7) is 2.76. The fraction of sp³-hybridized carbons (Fsp3) is 0.0909. The third-order valence-electron chi connectivity index (χ3n) is 4.93. The number of nitrogens with zero attached hydrogens (tertiary/aromatic N) is 2. The molecular weight excluding hydrogens is 402 g/mol. The molecule has 2 heterocycles. The summed E-state index contributed by atoms with van der Waals surface area (Å²) in [5, 5.41) is 12.5. The molecule has 2 N–H and O–H groups in total. The fourth-order valence-electron chi connectivity index (χ4n) is 3.45. The summed E-state index contributed by atoms with van der Waals surface area (Å²) in [6, 6.07) is 13.5. The zero-order valence-corrected chi connectivity index (χ0v) is 16.8. The van der Waals surface area contributed by atoms with Gasteiger partial charge >= 0.3 is 5.97 Å². The number of nitrogens with one attached hydrogen (secondary N) is 1. The number of para-hydroxylation sites is 1. The maximum atomic E-state index is 13.2. The number of hydrogen-bond acceptors (Lipinski definition) is 4. The Morgan fingerprint density at radius 3 is 2.50 bits per heavy atom. The standard InChI is InChI=1S/C22H17N3O4S/c1-2-24-12-14(16-5-3-4-6-18(16)24)11-17-19(26)23-22(30)25(20(17)27)15-9-7-13(8-10-15)21(28)29/h3-12H,2H2,1H3,(H,28,29)(H,23,26,30)/b17-11+. The zero-order valence-electron chi connectivity index (χ0n) is 16.0. The van der Waals surface area contributed by atoms with E-state index < -0.39 is 17.8 Å². The molecule has 1 saturated heterocycles. The summed E-state index contributed by atoms with van der Waals surface area (Å²) in [5.41, 5.74) is 2.16. The highest BCUT2D eigenvalue weighted by Gasteiger charge is 2.34. The van der Waals surface area contributed by atoms with Crippen LogP contribution in [0.25, 0.3) is 17.0 Å². The van der Waals surface area contributed by atoms with Crippen LogP contribution in [0.1, 0.15) is 22.8 Å². The zero-order chi connectivity index (χ0) is 21.4. The highest BCUT2D eigenvalue weighted by molar-refractivity contribution is 7.80. The van der Waals surface area contributed by atoms with Crippen LogP contribution < -0.4 is 10.2 Å². The Labute approximate surface area is 177 Å². The largest absolute Gasteiger partial charge is 0.478 e. The highest BCUT2D eigenvalue weighted by atomic mass is 32.1. The molecule has 0 spiro atoms. The average molecular weight is 419 g/mol. The minimum atomic E-state index is -1.07. The lowest BCUT2D eigenvalue weighted by atomic mass is 10.1. The first-order valence-corrected chi connectivity index (χ1v) is 9.64. The van der Waals surface area contributed by atoms with Gasteiger partial charge in [-0.1, -0.05) is 18.2 Å². The summed E-state index contributed by atoms with van der Waals surface area (Å²) in [4.78, 5) is 38.0. The number of hydrogen-bond donors (Lipinski definition) is 2. The van der Waals surface area contributed by atoms with E-state index in [0.717, 1.165) is 23.0 Å². The van der Waals surface area contributed by atoms with Crippen LogP contribution in [0.3, 0.4) is 0 Å². The van der Waals surface area contributed by atoms with Crippen molar-refractivity contribution in [3.63, 3.8) is 0 Å². The summed E-state index contributed by atoms with van der Waals surface area (Å²) in [5.74, 6) is -2.22. The molecule has 0 radical (unpaired) electrons. The second-order valence-electron chi connectivity index (χ2n) is 6.70. The van der Waals surface area contributed by atoms with Crippen LogP contribution in [0.4, 0.5) is 5.69 Å². The van der Waals surface area contributed by atoms with E-state index in [9.17, 15) is 14.4 Å². The molecule has 30 heavy (non-hydrogen) atoms. The molecule has 0 unspecified atom stereocenters. The maximum absolute atomic E-state index is 13.2. The van der Waals surface area contributed by atoms with Gasteiger partial charge in [0.25, 0.3) is 11.8 Å². The van der Waals surface area contributed by atoms with Crippen LogP contribution in [-0.2, 0) is 16.1 Å². The number of carboxylic acid groups (broad SMARTS) is 1. The van der Waals surface area contributed by atoms with Crippen LogP contribution in [0.15, 0.2) is 60.3 Å². The first-order chi connectivity index (χ1) is 14.4. The van der Waals surface area contributed by atoms with Crippen molar-refractivity contribution in [3.8, 4) is 0 Å². The van der Waals surface area contributed by atoms with Gasteiger partial charge in [0.2, 0.25) is 0 Å². The highest BCUT2D eigenvalue weighted by Crippen LogP contribution is 2.26. The van der Waals surface area contributed by atoms with Gasteiger partial charge in [0.15, 0.2) is 5.11 Å². The minimum Gasteiger partial charge on any atom is -0.478 e. The number of carboxylic acids is 1. The lowest BCUT2D eigenvalue weighted by Gasteiger charge is -2.28. The van der Waals surface area contributed by atoms with Crippen LogP contribution in [0, 0.1) is 0 Å². The molecule has 1 aliphatic heterocycles. The number of aryl methyl sites for hydroxylation is 1. The van der Waals surface area contributed by atoms with E-state index >= 15 is 0 Å². The lowest BCUT2D eigenvalue weighted by Crippen LogP contribution is -2.54. The number of anilines is 1. The Hall–Kier alpha value is -3.78. The molecule has 2 amide bonds. The Balaban J connectivity index is 1.77. The van der Waals surface area contributed by atoms with E-state index in [1.807, 2.05) is 42.0 Å². The molecule has 4 rings (SSSR count). The number of rotatable bonds is 4. The number of carbonyl (C=O) groups excluding carboxylic acids is 2. The first-order valence-electron chi connectivity index (χ1n) is 9.23. The second kappa shape index (κ2) is 7.57. The topological polar surface area (TPSA) is 91.6 Å². The first kappa shape index (κ1) is 19.5. The van der Waals surface area contributed by atoms with Crippen LogP contribution in [0.2, 0.25) is 0 Å². The molecule has 0 bridgehead atoms. The lowest BCUT2D eigenvalue weighted by molar-refractivity contribution is -0.122. The monoisotopic (exact) mass is 419 g/mol. The van der Waals surface area contributed by atoms with Gasteiger partial charge in [0.05, 0.1) is 11.3 Å². The number of carbonyl (C=O) groups is 3. The van der Waals surface area contributed by atoms with Crippen molar-refractivity contribution in [2.75, 3.05) is 4.90 Å². The van der Waals surface area contributed by atoms with E-state index in [1.165, 1.54) is 29.2 Å². The molecule has 0 atom stereocenters. The predicted molar refractivity (Wildman–Crippen MR) is 117 cm³/mol. The van der Waals surface area contributed by atoms with Crippen molar-refractivity contribution < 1.29 is 19.5 Å². The summed E-state index contributed by atoms with van der Waals surface area (Å²) in [6.07, 6.45) is 3.46. The van der Waals surface area contributed by atoms with E-state index in [0.29, 0.717) is 5.69 Å².